The second-order valence-corrected chi connectivity index (χ2v) is 8.23. The number of aromatic nitrogens is 2. The van der Waals surface area contributed by atoms with Crippen molar-refractivity contribution < 1.29 is 9.59 Å². The first kappa shape index (κ1) is 23.8. The van der Waals surface area contributed by atoms with Crippen molar-refractivity contribution >= 4 is 23.4 Å². The maximum atomic E-state index is 13.2. The Balaban J connectivity index is 1.63. The molecule has 35 heavy (non-hydrogen) atoms. The number of nitrogens with one attached hydrogen (secondary N) is 2. The van der Waals surface area contributed by atoms with Gasteiger partial charge in [-0.25, -0.2) is 9.48 Å². The molecule has 178 valence electrons. The molecule has 0 radical (unpaired) electrons. The van der Waals surface area contributed by atoms with Crippen molar-refractivity contribution in [1.82, 2.24) is 14.7 Å². The normalized spacial score (nSPS) is 10.6. The van der Waals surface area contributed by atoms with Crippen molar-refractivity contribution in [1.29, 1.82) is 0 Å². The quantitative estimate of drug-likeness (QED) is 0.369. The summed E-state index contributed by atoms with van der Waals surface area (Å²) in [5.41, 5.74) is 5.18. The van der Waals surface area contributed by atoms with E-state index in [4.69, 9.17) is 5.10 Å². The van der Waals surface area contributed by atoms with Crippen LogP contribution in [0.5, 0.6) is 0 Å². The van der Waals surface area contributed by atoms with E-state index >= 15 is 0 Å². The van der Waals surface area contributed by atoms with Gasteiger partial charge in [-0.2, -0.15) is 5.10 Å². The minimum absolute atomic E-state index is 0.0958. The summed E-state index contributed by atoms with van der Waals surface area (Å²) in [6, 6.07) is 26.6. The SMILES string of the molecule is CCN(CC(=O)Nc1c(-c2ccccc2)c(C)nn1-c1ccccc1C)C(=O)Nc1ccccc1. The number of rotatable bonds is 7. The molecule has 1 aromatic heterocycles. The van der Waals surface area contributed by atoms with Crippen LogP contribution in [-0.2, 0) is 4.79 Å². The van der Waals surface area contributed by atoms with E-state index in [9.17, 15) is 9.59 Å². The van der Waals surface area contributed by atoms with E-state index in [1.54, 1.807) is 4.68 Å². The van der Waals surface area contributed by atoms with Gasteiger partial charge in [0.2, 0.25) is 5.91 Å². The minimum atomic E-state index is -0.333. The van der Waals surface area contributed by atoms with Crippen LogP contribution in [0, 0.1) is 13.8 Å². The Morgan fingerprint density at radius 3 is 2.14 bits per heavy atom. The molecular formula is C28H29N5O2. The summed E-state index contributed by atoms with van der Waals surface area (Å²) in [4.78, 5) is 27.5. The number of anilines is 2. The molecule has 1 heterocycles. The molecule has 0 bridgehead atoms. The molecule has 0 aliphatic rings. The summed E-state index contributed by atoms with van der Waals surface area (Å²) < 4.78 is 1.77. The number of benzene rings is 3. The van der Waals surface area contributed by atoms with Gasteiger partial charge in [-0.05, 0) is 50.1 Å². The van der Waals surface area contributed by atoms with E-state index in [1.165, 1.54) is 4.90 Å². The molecule has 2 N–H and O–H groups in total. The lowest BCUT2D eigenvalue weighted by Crippen LogP contribution is -2.40. The Labute approximate surface area is 205 Å². The van der Waals surface area contributed by atoms with E-state index in [1.807, 2.05) is 106 Å². The summed E-state index contributed by atoms with van der Waals surface area (Å²) in [5.74, 6) is 0.273. The molecule has 3 amide bonds. The lowest BCUT2D eigenvalue weighted by atomic mass is 10.1. The lowest BCUT2D eigenvalue weighted by Gasteiger charge is -2.21. The standard InChI is InChI=1S/C28H29N5O2/c1-4-32(28(35)29-23-16-9-6-10-17-23)19-25(34)30-27-26(22-14-7-5-8-15-22)21(3)31-33(27)24-18-12-11-13-20(24)2/h5-18H,4,19H2,1-3H3,(H,29,35)(H,30,34). The highest BCUT2D eigenvalue weighted by Crippen LogP contribution is 2.34. The highest BCUT2D eigenvalue weighted by Gasteiger charge is 2.23. The number of nitrogens with zero attached hydrogens (tertiary/aromatic N) is 3. The van der Waals surface area contributed by atoms with Gasteiger partial charge < -0.3 is 15.5 Å². The molecule has 0 saturated heterocycles. The number of carbonyl (C=O) groups is 2. The van der Waals surface area contributed by atoms with Crippen molar-refractivity contribution in [3.8, 4) is 16.8 Å². The van der Waals surface area contributed by atoms with E-state index in [0.717, 1.165) is 28.1 Å². The number of para-hydroxylation sites is 2. The second kappa shape index (κ2) is 10.7. The van der Waals surface area contributed by atoms with Gasteiger partial charge in [0, 0.05) is 17.8 Å². The van der Waals surface area contributed by atoms with Crippen LogP contribution in [0.25, 0.3) is 16.8 Å². The van der Waals surface area contributed by atoms with Gasteiger partial charge in [-0.1, -0.05) is 66.7 Å². The fourth-order valence-electron chi connectivity index (χ4n) is 3.96. The zero-order valence-electron chi connectivity index (χ0n) is 20.2. The predicted octanol–water partition coefficient (Wildman–Crippen LogP) is 5.65. The average Bonchev–Trinajstić information content (AvgIpc) is 3.19. The van der Waals surface area contributed by atoms with Crippen molar-refractivity contribution in [2.45, 2.75) is 20.8 Å². The molecule has 0 saturated carbocycles. The zero-order chi connectivity index (χ0) is 24.8. The smallest absolute Gasteiger partial charge is 0.315 e. The fraction of sp³-hybridized carbons (Fsp3) is 0.179. The van der Waals surface area contributed by atoms with E-state index < -0.39 is 0 Å². The third kappa shape index (κ3) is 5.41. The highest BCUT2D eigenvalue weighted by atomic mass is 16.2. The number of urea groups is 1. The average molecular weight is 468 g/mol. The highest BCUT2D eigenvalue weighted by molar-refractivity contribution is 5.99. The van der Waals surface area contributed by atoms with Crippen LogP contribution in [0.2, 0.25) is 0 Å². The number of amides is 3. The first-order valence-corrected chi connectivity index (χ1v) is 11.6. The molecule has 4 aromatic rings. The summed E-state index contributed by atoms with van der Waals surface area (Å²) in [6.45, 7) is 6.06. The van der Waals surface area contributed by atoms with Gasteiger partial charge >= 0.3 is 6.03 Å². The van der Waals surface area contributed by atoms with Crippen molar-refractivity contribution in [2.24, 2.45) is 0 Å². The number of likely N-dealkylation sites (N-methyl/N-ethyl adjacent to an activating group) is 1. The summed E-state index contributed by atoms with van der Waals surface area (Å²) >= 11 is 0. The van der Waals surface area contributed by atoms with Gasteiger partial charge in [0.15, 0.2) is 0 Å². The number of hydrogen-bond donors (Lipinski definition) is 2. The topological polar surface area (TPSA) is 79.3 Å². The van der Waals surface area contributed by atoms with Gasteiger partial charge in [0.25, 0.3) is 0 Å². The fourth-order valence-corrected chi connectivity index (χ4v) is 3.96. The number of hydrogen-bond acceptors (Lipinski definition) is 3. The van der Waals surface area contributed by atoms with Gasteiger partial charge in [0.05, 0.1) is 11.4 Å². The first-order valence-electron chi connectivity index (χ1n) is 11.6. The van der Waals surface area contributed by atoms with Gasteiger partial charge in [-0.3, -0.25) is 4.79 Å². The van der Waals surface area contributed by atoms with E-state index in [2.05, 4.69) is 10.6 Å². The Hall–Kier alpha value is -4.39. The molecule has 0 atom stereocenters. The van der Waals surface area contributed by atoms with Crippen LogP contribution >= 0.6 is 0 Å². The molecule has 0 aliphatic carbocycles. The Kier molecular flexibility index (Phi) is 7.26. The zero-order valence-corrected chi connectivity index (χ0v) is 20.2. The largest absolute Gasteiger partial charge is 0.322 e. The molecule has 0 fully saturated rings. The van der Waals surface area contributed by atoms with Crippen LogP contribution in [0.15, 0.2) is 84.9 Å². The maximum absolute atomic E-state index is 13.2. The minimum Gasteiger partial charge on any atom is -0.315 e. The Morgan fingerprint density at radius 2 is 1.49 bits per heavy atom. The van der Waals surface area contributed by atoms with E-state index in [0.29, 0.717) is 18.1 Å². The molecule has 0 spiro atoms. The predicted molar refractivity (Wildman–Crippen MR) is 140 cm³/mol. The molecule has 7 heteroatoms. The van der Waals surface area contributed by atoms with Crippen LogP contribution < -0.4 is 10.6 Å². The van der Waals surface area contributed by atoms with Crippen LogP contribution in [0.4, 0.5) is 16.3 Å². The number of carbonyl (C=O) groups excluding carboxylic acids is 2. The Morgan fingerprint density at radius 1 is 0.857 bits per heavy atom. The third-order valence-electron chi connectivity index (χ3n) is 5.75. The van der Waals surface area contributed by atoms with Crippen molar-refractivity contribution in [3.63, 3.8) is 0 Å². The lowest BCUT2D eigenvalue weighted by molar-refractivity contribution is -0.116. The summed E-state index contributed by atoms with van der Waals surface area (Å²) in [7, 11) is 0. The molecule has 0 aliphatic heterocycles. The second-order valence-electron chi connectivity index (χ2n) is 8.23. The van der Waals surface area contributed by atoms with Crippen LogP contribution in [0.3, 0.4) is 0 Å². The third-order valence-corrected chi connectivity index (χ3v) is 5.75. The monoisotopic (exact) mass is 467 g/mol. The molecule has 4 rings (SSSR count). The van der Waals surface area contributed by atoms with E-state index in [-0.39, 0.29) is 18.5 Å². The van der Waals surface area contributed by atoms with Crippen molar-refractivity contribution in [3.05, 3.63) is 96.2 Å². The maximum Gasteiger partial charge on any atom is 0.322 e. The first-order chi connectivity index (χ1) is 17.0. The van der Waals surface area contributed by atoms with Gasteiger partial charge in [0.1, 0.15) is 12.4 Å². The van der Waals surface area contributed by atoms with Gasteiger partial charge in [-0.15, -0.1) is 0 Å². The van der Waals surface area contributed by atoms with Crippen molar-refractivity contribution in [2.75, 3.05) is 23.7 Å². The Bertz CT molecular complexity index is 1320. The van der Waals surface area contributed by atoms with Crippen LogP contribution in [-0.4, -0.2) is 39.7 Å². The molecule has 3 aromatic carbocycles. The van der Waals surface area contributed by atoms with Crippen LogP contribution in [0.1, 0.15) is 18.2 Å². The molecule has 7 nitrogen and oxygen atoms in total. The summed E-state index contributed by atoms with van der Waals surface area (Å²) in [6.07, 6.45) is 0. The molecular weight excluding hydrogens is 438 g/mol. The number of aryl methyl sites for hydroxylation is 2. The summed E-state index contributed by atoms with van der Waals surface area (Å²) in [5, 5.41) is 10.7. The molecule has 0 unspecified atom stereocenters.